The number of piperidine rings is 1. The average molecular weight is 438 g/mol. The van der Waals surface area contributed by atoms with Crippen molar-refractivity contribution in [2.45, 2.75) is 51.2 Å². The zero-order chi connectivity index (χ0) is 22.8. The number of nitrogens with one attached hydrogen (secondary N) is 2. The number of aryl methyl sites for hydroxylation is 2. The molecule has 11 heteroatoms. The number of hydrogen-bond donors (Lipinski definition) is 2. The van der Waals surface area contributed by atoms with Crippen molar-refractivity contribution in [3.05, 3.63) is 39.9 Å². The van der Waals surface area contributed by atoms with Gasteiger partial charge in [0.15, 0.2) is 0 Å². The summed E-state index contributed by atoms with van der Waals surface area (Å²) in [6, 6.07) is 4.22. The predicted molar refractivity (Wildman–Crippen MR) is 104 cm³/mol. The third kappa shape index (κ3) is 5.47. The lowest BCUT2D eigenvalue weighted by Gasteiger charge is -2.24. The summed E-state index contributed by atoms with van der Waals surface area (Å²) in [5, 5.41) is 4.75. The Morgan fingerprint density at radius 3 is 2.71 bits per heavy atom. The van der Waals surface area contributed by atoms with Crippen molar-refractivity contribution in [2.75, 3.05) is 6.54 Å². The van der Waals surface area contributed by atoms with Crippen LogP contribution in [0.4, 0.5) is 13.2 Å². The molecular formula is C20H21F3N4O4. The Hall–Kier alpha value is -3.24. The lowest BCUT2D eigenvalue weighted by atomic mass is 10.0. The largest absolute Gasteiger partial charge is 0.397 e. The first kappa shape index (κ1) is 22.4. The van der Waals surface area contributed by atoms with Crippen LogP contribution in [0.15, 0.2) is 23.0 Å². The molecule has 1 saturated heterocycles. The van der Waals surface area contributed by atoms with Gasteiger partial charge in [-0.15, -0.1) is 0 Å². The summed E-state index contributed by atoms with van der Waals surface area (Å²) in [7, 11) is 0. The van der Waals surface area contributed by atoms with E-state index in [0.717, 1.165) is 5.56 Å². The molecule has 2 N–H and O–H groups in total. The maximum absolute atomic E-state index is 13.1. The molecule has 0 radical (unpaired) electrons. The molecule has 1 atom stereocenters. The highest BCUT2D eigenvalue weighted by atomic mass is 19.4. The summed E-state index contributed by atoms with van der Waals surface area (Å²) < 4.78 is 37.8. The number of aromatic nitrogens is 2. The molecule has 166 valence electrons. The number of carbonyl (C=O) groups is 3. The van der Waals surface area contributed by atoms with Gasteiger partial charge >= 0.3 is 6.18 Å². The molecule has 1 aliphatic rings. The lowest BCUT2D eigenvalue weighted by Crippen LogP contribution is -2.45. The maximum atomic E-state index is 13.1. The van der Waals surface area contributed by atoms with Crippen LogP contribution in [0.5, 0.6) is 0 Å². The van der Waals surface area contributed by atoms with Gasteiger partial charge in [-0.25, -0.2) is 4.98 Å². The van der Waals surface area contributed by atoms with E-state index in [1.165, 1.54) is 4.57 Å². The van der Waals surface area contributed by atoms with Gasteiger partial charge in [-0.2, -0.15) is 13.2 Å². The number of benzene rings is 1. The number of imide groups is 1. The van der Waals surface area contributed by atoms with Crippen molar-refractivity contribution in [3.8, 4) is 0 Å². The van der Waals surface area contributed by atoms with Crippen molar-refractivity contribution in [1.82, 2.24) is 20.2 Å². The topological polar surface area (TPSA) is 110 Å². The molecule has 2 heterocycles. The number of halogens is 3. The van der Waals surface area contributed by atoms with Crippen LogP contribution in [0.2, 0.25) is 0 Å². The molecular weight excluding hydrogens is 417 g/mol. The second kappa shape index (κ2) is 8.86. The minimum absolute atomic E-state index is 0.0691. The fourth-order valence-electron chi connectivity index (χ4n) is 3.57. The second-order valence-corrected chi connectivity index (χ2v) is 7.40. The van der Waals surface area contributed by atoms with Gasteiger partial charge in [-0.3, -0.25) is 29.1 Å². The zero-order valence-corrected chi connectivity index (χ0v) is 16.7. The Morgan fingerprint density at radius 1 is 1.29 bits per heavy atom. The van der Waals surface area contributed by atoms with Crippen LogP contribution in [0, 0.1) is 6.92 Å². The molecule has 3 amide bonds. The second-order valence-electron chi connectivity index (χ2n) is 7.40. The first-order chi connectivity index (χ1) is 14.5. The molecule has 31 heavy (non-hydrogen) atoms. The molecule has 8 nitrogen and oxygen atoms in total. The normalized spacial score (nSPS) is 17.0. The molecule has 1 unspecified atom stereocenters. The third-order valence-electron chi connectivity index (χ3n) is 4.99. The molecule has 1 fully saturated rings. The van der Waals surface area contributed by atoms with Gasteiger partial charge in [-0.05, 0) is 43.9 Å². The van der Waals surface area contributed by atoms with E-state index in [2.05, 4.69) is 15.6 Å². The number of hydrogen-bond acceptors (Lipinski definition) is 5. The minimum atomic E-state index is -4.55. The van der Waals surface area contributed by atoms with Crippen LogP contribution in [0.1, 0.15) is 43.1 Å². The van der Waals surface area contributed by atoms with E-state index in [1.54, 1.807) is 25.1 Å². The molecule has 3 rings (SSSR count). The van der Waals surface area contributed by atoms with E-state index in [9.17, 15) is 32.3 Å². The highest BCUT2D eigenvalue weighted by Crippen LogP contribution is 2.21. The Bertz CT molecular complexity index is 1090. The quantitative estimate of drug-likeness (QED) is 0.527. The predicted octanol–water partition coefficient (Wildman–Crippen LogP) is 1.68. The van der Waals surface area contributed by atoms with E-state index < -0.39 is 36.0 Å². The summed E-state index contributed by atoms with van der Waals surface area (Å²) in [5.74, 6) is -1.66. The molecule has 0 aliphatic carbocycles. The molecule has 1 aliphatic heterocycles. The van der Waals surface area contributed by atoms with Crippen molar-refractivity contribution in [3.63, 3.8) is 0 Å². The van der Waals surface area contributed by atoms with Crippen LogP contribution in [0.3, 0.4) is 0 Å². The zero-order valence-electron chi connectivity index (χ0n) is 16.7. The first-order valence-electron chi connectivity index (χ1n) is 9.74. The van der Waals surface area contributed by atoms with Gasteiger partial charge in [0, 0.05) is 13.0 Å². The Labute approximate surface area is 174 Å². The summed E-state index contributed by atoms with van der Waals surface area (Å²) in [6.45, 7) is 1.68. The van der Waals surface area contributed by atoms with Crippen LogP contribution in [0.25, 0.3) is 10.9 Å². The summed E-state index contributed by atoms with van der Waals surface area (Å²) in [4.78, 5) is 52.3. The van der Waals surface area contributed by atoms with E-state index in [1.807, 2.05) is 0 Å². The van der Waals surface area contributed by atoms with Crippen molar-refractivity contribution >= 4 is 28.6 Å². The number of alkyl halides is 3. The maximum Gasteiger partial charge on any atom is 0.397 e. The fraction of sp³-hybridized carbons (Fsp3) is 0.450. The Morgan fingerprint density at radius 2 is 2.03 bits per heavy atom. The fourth-order valence-corrected chi connectivity index (χ4v) is 3.57. The third-order valence-corrected chi connectivity index (χ3v) is 4.99. The number of nitrogens with zero attached hydrogens (tertiary/aromatic N) is 2. The molecule has 0 spiro atoms. The van der Waals surface area contributed by atoms with Gasteiger partial charge < -0.3 is 5.32 Å². The summed E-state index contributed by atoms with van der Waals surface area (Å²) in [5.41, 5.74) is 0.792. The lowest BCUT2D eigenvalue weighted by molar-refractivity contribution is -0.153. The molecule has 0 saturated carbocycles. The number of amides is 3. The summed E-state index contributed by atoms with van der Waals surface area (Å²) >= 11 is 0. The van der Waals surface area contributed by atoms with Crippen LogP contribution in [-0.2, 0) is 20.8 Å². The van der Waals surface area contributed by atoms with E-state index in [0.29, 0.717) is 29.6 Å². The van der Waals surface area contributed by atoms with Crippen LogP contribution >= 0.6 is 0 Å². The van der Waals surface area contributed by atoms with Gasteiger partial charge in [0.1, 0.15) is 18.3 Å². The average Bonchev–Trinajstić information content (AvgIpc) is 2.66. The van der Waals surface area contributed by atoms with Crippen molar-refractivity contribution in [1.29, 1.82) is 0 Å². The van der Waals surface area contributed by atoms with Gasteiger partial charge in [-0.1, -0.05) is 6.07 Å². The molecule has 2 aromatic rings. The molecule has 0 bridgehead atoms. The van der Waals surface area contributed by atoms with E-state index in [4.69, 9.17) is 0 Å². The van der Waals surface area contributed by atoms with Gasteiger partial charge in [0.05, 0.1) is 10.9 Å². The van der Waals surface area contributed by atoms with E-state index in [-0.39, 0.29) is 25.3 Å². The monoisotopic (exact) mass is 438 g/mol. The number of fused-ring (bicyclic) bond motifs is 1. The van der Waals surface area contributed by atoms with Crippen LogP contribution in [-0.4, -0.2) is 40.0 Å². The molecule has 1 aromatic heterocycles. The Kier molecular flexibility index (Phi) is 6.42. The van der Waals surface area contributed by atoms with Crippen molar-refractivity contribution < 1.29 is 27.6 Å². The highest BCUT2D eigenvalue weighted by molar-refractivity contribution is 5.99. The van der Waals surface area contributed by atoms with Crippen LogP contribution < -0.4 is 16.2 Å². The first-order valence-corrected chi connectivity index (χ1v) is 9.74. The minimum Gasteiger partial charge on any atom is -0.356 e. The number of rotatable bonds is 6. The van der Waals surface area contributed by atoms with Crippen molar-refractivity contribution in [2.24, 2.45) is 0 Å². The van der Waals surface area contributed by atoms with Gasteiger partial charge in [0.2, 0.25) is 17.7 Å². The smallest absolute Gasteiger partial charge is 0.356 e. The van der Waals surface area contributed by atoms with Gasteiger partial charge in [0.25, 0.3) is 5.56 Å². The Balaban J connectivity index is 1.74. The number of carbonyl (C=O) groups excluding carboxylic acids is 3. The summed E-state index contributed by atoms with van der Waals surface area (Å²) in [6.07, 6.45) is -4.93. The standard InChI is InChI=1S/C20H21F3N4O4/c1-11-25-14-5-4-12(3-2-8-24-17(29)10-20(21,22)23)9-13(14)19(31)27(11)15-6-7-16(28)26-18(15)30/h4-5,9,15H,2-3,6-8,10H2,1H3,(H,24,29)(H,26,28,30). The highest BCUT2D eigenvalue weighted by Gasteiger charge is 2.31. The molecule has 1 aromatic carbocycles. The van der Waals surface area contributed by atoms with E-state index >= 15 is 0 Å². The SMILES string of the molecule is Cc1nc2ccc(CCCNC(=O)CC(F)(F)F)cc2c(=O)n1C1CCC(=O)NC1=O.